The molecule has 1 aliphatic rings. The van der Waals surface area contributed by atoms with Crippen LogP contribution in [0.4, 0.5) is 5.69 Å². The molecule has 0 bridgehead atoms. The summed E-state index contributed by atoms with van der Waals surface area (Å²) in [6.45, 7) is 1.40. The number of imide groups is 1. The third-order valence-corrected chi connectivity index (χ3v) is 3.09. The maximum absolute atomic E-state index is 11.7. The van der Waals surface area contributed by atoms with E-state index in [9.17, 15) is 9.59 Å². The summed E-state index contributed by atoms with van der Waals surface area (Å²) in [5, 5.41) is 0. The Hall–Kier alpha value is -1.17. The van der Waals surface area contributed by atoms with Crippen molar-refractivity contribution in [3.63, 3.8) is 0 Å². The second-order valence-electron chi connectivity index (χ2n) is 3.57. The van der Waals surface area contributed by atoms with Crippen molar-refractivity contribution < 1.29 is 9.59 Å². The second kappa shape index (κ2) is 4.37. The van der Waals surface area contributed by atoms with Crippen LogP contribution in [0.2, 0.25) is 0 Å². The van der Waals surface area contributed by atoms with Gasteiger partial charge >= 0.3 is 0 Å². The van der Waals surface area contributed by atoms with Crippen LogP contribution in [0, 0.1) is 3.57 Å². The van der Waals surface area contributed by atoms with Gasteiger partial charge in [-0.2, -0.15) is 0 Å². The normalized spacial score (nSPS) is 14.6. The summed E-state index contributed by atoms with van der Waals surface area (Å²) < 4.78 is 1.01. The Morgan fingerprint density at radius 3 is 2.88 bits per heavy atom. The van der Waals surface area contributed by atoms with E-state index in [0.29, 0.717) is 12.1 Å². The number of benzene rings is 1. The smallest absolute Gasteiger partial charge is 0.257 e. The molecule has 0 N–H and O–H groups in total. The highest BCUT2D eigenvalue weighted by molar-refractivity contribution is 14.1. The average Bonchev–Trinajstić information content (AvgIpc) is 2.35. The SMILES string of the molecule is CC(=O)N1C(=O)C=CCc2ccc(I)cc21. The number of allylic oxidation sites excluding steroid dienone is 1. The van der Waals surface area contributed by atoms with Crippen molar-refractivity contribution in [2.75, 3.05) is 4.90 Å². The number of fused-ring (bicyclic) bond motifs is 1. The lowest BCUT2D eigenvalue weighted by atomic mass is 10.1. The molecular formula is C12H10INO2. The molecule has 0 saturated heterocycles. The molecule has 1 aromatic rings. The molecule has 4 heteroatoms. The fraction of sp³-hybridized carbons (Fsp3) is 0.167. The number of amides is 2. The number of anilines is 1. The molecule has 3 nitrogen and oxygen atoms in total. The quantitative estimate of drug-likeness (QED) is 0.686. The van der Waals surface area contributed by atoms with Crippen molar-refractivity contribution in [2.45, 2.75) is 13.3 Å². The molecule has 0 aromatic heterocycles. The lowest BCUT2D eigenvalue weighted by Crippen LogP contribution is -2.33. The van der Waals surface area contributed by atoms with Crippen LogP contribution in [0.15, 0.2) is 30.4 Å². The maximum Gasteiger partial charge on any atom is 0.257 e. The Morgan fingerprint density at radius 1 is 1.44 bits per heavy atom. The van der Waals surface area contributed by atoms with Gasteiger partial charge in [-0.3, -0.25) is 9.59 Å². The van der Waals surface area contributed by atoms with Crippen LogP contribution in [0.25, 0.3) is 0 Å². The highest BCUT2D eigenvalue weighted by atomic mass is 127. The van der Waals surface area contributed by atoms with E-state index in [1.807, 2.05) is 18.2 Å². The first-order chi connectivity index (χ1) is 7.59. The Labute approximate surface area is 107 Å². The molecule has 0 radical (unpaired) electrons. The number of halogens is 1. The van der Waals surface area contributed by atoms with E-state index in [1.54, 1.807) is 6.08 Å². The minimum atomic E-state index is -0.270. The van der Waals surface area contributed by atoms with Crippen LogP contribution in [-0.4, -0.2) is 11.8 Å². The fourth-order valence-electron chi connectivity index (χ4n) is 1.72. The molecule has 16 heavy (non-hydrogen) atoms. The molecule has 82 valence electrons. The molecule has 0 unspecified atom stereocenters. The van der Waals surface area contributed by atoms with Crippen molar-refractivity contribution in [2.24, 2.45) is 0 Å². The van der Waals surface area contributed by atoms with Crippen LogP contribution in [0.5, 0.6) is 0 Å². The van der Waals surface area contributed by atoms with Crippen molar-refractivity contribution in [3.8, 4) is 0 Å². The molecule has 2 amide bonds. The van der Waals surface area contributed by atoms with Crippen molar-refractivity contribution in [1.82, 2.24) is 0 Å². The zero-order valence-electron chi connectivity index (χ0n) is 8.74. The van der Waals surface area contributed by atoms with E-state index in [-0.39, 0.29) is 11.8 Å². The summed E-state index contributed by atoms with van der Waals surface area (Å²) >= 11 is 2.17. The molecule has 1 heterocycles. The summed E-state index contributed by atoms with van der Waals surface area (Å²) in [7, 11) is 0. The van der Waals surface area contributed by atoms with Crippen LogP contribution in [0.3, 0.4) is 0 Å². The van der Waals surface area contributed by atoms with Crippen LogP contribution in [-0.2, 0) is 16.0 Å². The number of rotatable bonds is 0. The number of carbonyl (C=O) groups is 2. The lowest BCUT2D eigenvalue weighted by molar-refractivity contribution is -0.122. The van der Waals surface area contributed by atoms with Gasteiger partial charge in [-0.05, 0) is 46.7 Å². The molecule has 0 atom stereocenters. The molecular weight excluding hydrogens is 317 g/mol. The topological polar surface area (TPSA) is 37.4 Å². The van der Waals surface area contributed by atoms with Gasteiger partial charge in [-0.25, -0.2) is 4.90 Å². The summed E-state index contributed by atoms with van der Waals surface area (Å²) in [5.41, 5.74) is 1.70. The first kappa shape index (κ1) is 11.3. The minimum Gasteiger partial charge on any atom is -0.274 e. The summed E-state index contributed by atoms with van der Waals surface area (Å²) in [4.78, 5) is 24.5. The van der Waals surface area contributed by atoms with E-state index in [2.05, 4.69) is 22.6 Å². The highest BCUT2D eigenvalue weighted by Crippen LogP contribution is 2.26. The zero-order valence-corrected chi connectivity index (χ0v) is 10.9. The monoisotopic (exact) mass is 327 g/mol. The Morgan fingerprint density at radius 2 is 2.19 bits per heavy atom. The van der Waals surface area contributed by atoms with Gasteiger partial charge in [0.25, 0.3) is 5.91 Å². The summed E-state index contributed by atoms with van der Waals surface area (Å²) in [6, 6.07) is 5.79. The summed E-state index contributed by atoms with van der Waals surface area (Å²) in [6.07, 6.45) is 3.92. The third-order valence-electron chi connectivity index (χ3n) is 2.42. The Balaban J connectivity index is 2.61. The number of hydrogen-bond acceptors (Lipinski definition) is 2. The predicted octanol–water partition coefficient (Wildman–Crippen LogP) is 2.28. The first-order valence-electron chi connectivity index (χ1n) is 4.89. The Bertz CT molecular complexity index is 494. The average molecular weight is 327 g/mol. The lowest BCUT2D eigenvalue weighted by Gasteiger charge is -2.19. The van der Waals surface area contributed by atoms with Crippen LogP contribution >= 0.6 is 22.6 Å². The molecule has 1 aromatic carbocycles. The van der Waals surface area contributed by atoms with Gasteiger partial charge in [0.15, 0.2) is 0 Å². The van der Waals surface area contributed by atoms with E-state index in [1.165, 1.54) is 17.9 Å². The van der Waals surface area contributed by atoms with Gasteiger partial charge in [0.2, 0.25) is 5.91 Å². The van der Waals surface area contributed by atoms with Gasteiger partial charge < -0.3 is 0 Å². The highest BCUT2D eigenvalue weighted by Gasteiger charge is 2.22. The number of hydrogen-bond donors (Lipinski definition) is 0. The molecule has 0 spiro atoms. The van der Waals surface area contributed by atoms with Crippen molar-refractivity contribution in [3.05, 3.63) is 39.5 Å². The molecule has 2 rings (SSSR count). The number of nitrogens with zero attached hydrogens (tertiary/aromatic N) is 1. The minimum absolute atomic E-state index is 0.250. The second-order valence-corrected chi connectivity index (χ2v) is 4.82. The van der Waals surface area contributed by atoms with Crippen molar-refractivity contribution in [1.29, 1.82) is 0 Å². The van der Waals surface area contributed by atoms with Crippen LogP contribution in [0.1, 0.15) is 12.5 Å². The fourth-order valence-corrected chi connectivity index (χ4v) is 2.20. The molecule has 0 fully saturated rings. The van der Waals surface area contributed by atoms with Gasteiger partial charge in [-0.1, -0.05) is 12.1 Å². The van der Waals surface area contributed by atoms with Gasteiger partial charge in [0.05, 0.1) is 5.69 Å². The standard InChI is InChI=1S/C12H10INO2/c1-8(15)14-11-7-10(13)6-5-9(11)3-2-4-12(14)16/h2,4-7H,3H2,1H3. The first-order valence-corrected chi connectivity index (χ1v) is 5.97. The van der Waals surface area contributed by atoms with Gasteiger partial charge in [0, 0.05) is 16.6 Å². The maximum atomic E-state index is 11.7. The van der Waals surface area contributed by atoms with E-state index in [0.717, 1.165) is 9.13 Å². The summed E-state index contributed by atoms with van der Waals surface area (Å²) in [5.74, 6) is -0.520. The third kappa shape index (κ3) is 2.02. The molecule has 0 aliphatic carbocycles. The van der Waals surface area contributed by atoms with Gasteiger partial charge in [0.1, 0.15) is 0 Å². The van der Waals surface area contributed by atoms with Gasteiger partial charge in [-0.15, -0.1) is 0 Å². The van der Waals surface area contributed by atoms with E-state index >= 15 is 0 Å². The predicted molar refractivity (Wildman–Crippen MR) is 70.2 cm³/mol. The molecule has 0 saturated carbocycles. The number of carbonyl (C=O) groups excluding carboxylic acids is 2. The van der Waals surface area contributed by atoms with Crippen LogP contribution < -0.4 is 4.90 Å². The van der Waals surface area contributed by atoms with Crippen molar-refractivity contribution >= 4 is 40.1 Å². The van der Waals surface area contributed by atoms with E-state index < -0.39 is 0 Å². The Kier molecular flexibility index (Phi) is 3.09. The largest absolute Gasteiger partial charge is 0.274 e. The zero-order chi connectivity index (χ0) is 11.7. The van der Waals surface area contributed by atoms with E-state index in [4.69, 9.17) is 0 Å². The molecule has 1 aliphatic heterocycles.